The van der Waals surface area contributed by atoms with Gasteiger partial charge in [-0.15, -0.1) is 0 Å². The molecule has 2 nitrogen and oxygen atoms in total. The fourth-order valence-corrected chi connectivity index (χ4v) is 9.88. The van der Waals surface area contributed by atoms with Crippen LogP contribution in [0.25, 0.3) is 88.5 Å². The lowest BCUT2D eigenvalue weighted by Crippen LogP contribution is -2.11. The Morgan fingerprint density at radius 3 is 1.77 bits per heavy atom. The predicted octanol–water partition coefficient (Wildman–Crippen LogP) is 16.5. The third-order valence-electron chi connectivity index (χ3n) is 12.8. The highest BCUT2D eigenvalue weighted by molar-refractivity contribution is 6.14. The monoisotopic (exact) mass is 790 g/mol. The van der Waals surface area contributed by atoms with Crippen molar-refractivity contribution >= 4 is 66.5 Å². The summed E-state index contributed by atoms with van der Waals surface area (Å²) in [6.45, 7) is 0. The van der Waals surface area contributed by atoms with Crippen LogP contribution in [0, 0.1) is 0 Å². The van der Waals surface area contributed by atoms with Gasteiger partial charge >= 0.3 is 0 Å². The summed E-state index contributed by atoms with van der Waals surface area (Å²) in [7, 11) is 0. The number of hydrogen-bond acceptors (Lipinski definition) is 1. The van der Waals surface area contributed by atoms with Crippen molar-refractivity contribution in [1.82, 2.24) is 4.57 Å². The Balaban J connectivity index is 0.935. The third kappa shape index (κ3) is 6.03. The molecule has 0 bridgehead atoms. The van der Waals surface area contributed by atoms with E-state index in [4.69, 9.17) is 0 Å². The number of benzene rings is 10. The lowest BCUT2D eigenvalue weighted by molar-refractivity contribution is 0.986. The van der Waals surface area contributed by atoms with Gasteiger partial charge in [0, 0.05) is 39.0 Å². The Labute approximate surface area is 361 Å². The van der Waals surface area contributed by atoms with E-state index in [1.54, 1.807) is 0 Å². The second-order valence-electron chi connectivity index (χ2n) is 16.4. The summed E-state index contributed by atoms with van der Waals surface area (Å²) in [5.41, 5.74) is 17.0. The van der Waals surface area contributed by atoms with Crippen LogP contribution in [0.1, 0.15) is 17.5 Å². The van der Waals surface area contributed by atoms with Crippen molar-refractivity contribution in [1.29, 1.82) is 0 Å². The number of aryl methyl sites for hydroxylation is 1. The predicted molar refractivity (Wildman–Crippen MR) is 264 cm³/mol. The molecule has 0 aliphatic heterocycles. The first-order valence-corrected chi connectivity index (χ1v) is 21.6. The van der Waals surface area contributed by atoms with Gasteiger partial charge in [-0.25, -0.2) is 0 Å². The molecule has 1 heterocycles. The van der Waals surface area contributed by atoms with E-state index in [1.165, 1.54) is 93.5 Å². The summed E-state index contributed by atoms with van der Waals surface area (Å²) in [6, 6.07) is 80.0. The summed E-state index contributed by atoms with van der Waals surface area (Å²) in [5, 5.41) is 7.67. The van der Waals surface area contributed by atoms with Crippen molar-refractivity contribution in [2.24, 2.45) is 0 Å². The molecule has 0 radical (unpaired) electrons. The molecule has 12 rings (SSSR count). The molecule has 62 heavy (non-hydrogen) atoms. The SMILES string of the molecule is C1=Cc2c(ccc3c4ccccc4n(-c4ccc(-c5ccc(N(c6ccc(-c7cc8ccccc8c8ccccc78)cc6)c6ccccc6-c6ccccc6)cc5)cc4)c23)CC1. The van der Waals surface area contributed by atoms with Gasteiger partial charge in [-0.1, -0.05) is 176 Å². The second kappa shape index (κ2) is 15.0. The molecule has 0 atom stereocenters. The maximum atomic E-state index is 2.46. The van der Waals surface area contributed by atoms with Gasteiger partial charge in [0.25, 0.3) is 0 Å². The maximum absolute atomic E-state index is 2.46. The van der Waals surface area contributed by atoms with Crippen LogP contribution in [0.5, 0.6) is 0 Å². The molecule has 1 aromatic heterocycles. The minimum atomic E-state index is 1.08. The Morgan fingerprint density at radius 1 is 0.403 bits per heavy atom. The number of fused-ring (bicyclic) bond motifs is 8. The van der Waals surface area contributed by atoms with Crippen molar-refractivity contribution in [3.05, 3.63) is 236 Å². The maximum Gasteiger partial charge on any atom is 0.0616 e. The standard InChI is InChI=1S/C60H42N2/c1-2-14-43(15-3-1)51-19-10-12-24-58(51)61(48-37-30-45(31-38-48)57-40-46-17-5-6-18-50(46)53-21-8-9-22-54(53)57)47-33-26-41(27-34-47)42-28-35-49(36-29-42)62-59-25-13-11-23-55(59)56-39-32-44-16-4-7-20-52(44)60(56)62/h1-3,5-15,17-40H,4,16H2. The van der Waals surface area contributed by atoms with Crippen LogP contribution in [0.4, 0.5) is 17.1 Å². The normalized spacial score (nSPS) is 12.3. The van der Waals surface area contributed by atoms with Crippen LogP contribution in [0.15, 0.2) is 224 Å². The summed E-state index contributed by atoms with van der Waals surface area (Å²) in [6.07, 6.45) is 6.83. The first kappa shape index (κ1) is 36.0. The fraction of sp³-hybridized carbons (Fsp3) is 0.0333. The number of hydrogen-bond donors (Lipinski definition) is 0. The van der Waals surface area contributed by atoms with Crippen LogP contribution in [0.3, 0.4) is 0 Å². The van der Waals surface area contributed by atoms with Crippen molar-refractivity contribution in [3.63, 3.8) is 0 Å². The highest BCUT2D eigenvalue weighted by Crippen LogP contribution is 2.43. The number of rotatable bonds is 7. The number of allylic oxidation sites excluding steroid dienone is 1. The van der Waals surface area contributed by atoms with Gasteiger partial charge in [0.2, 0.25) is 0 Å². The van der Waals surface area contributed by atoms with Gasteiger partial charge in [0.05, 0.1) is 16.7 Å². The van der Waals surface area contributed by atoms with Crippen molar-refractivity contribution in [3.8, 4) is 39.1 Å². The zero-order valence-corrected chi connectivity index (χ0v) is 34.2. The number of aromatic nitrogens is 1. The molecule has 0 saturated heterocycles. The first-order valence-electron chi connectivity index (χ1n) is 21.6. The van der Waals surface area contributed by atoms with E-state index in [-0.39, 0.29) is 0 Å². The van der Waals surface area contributed by atoms with Crippen LogP contribution in [0.2, 0.25) is 0 Å². The highest BCUT2D eigenvalue weighted by atomic mass is 15.1. The smallest absolute Gasteiger partial charge is 0.0616 e. The van der Waals surface area contributed by atoms with Gasteiger partial charge in [0.1, 0.15) is 0 Å². The van der Waals surface area contributed by atoms with E-state index in [1.807, 2.05) is 0 Å². The van der Waals surface area contributed by atoms with Gasteiger partial charge < -0.3 is 9.47 Å². The van der Waals surface area contributed by atoms with E-state index < -0.39 is 0 Å². The zero-order chi connectivity index (χ0) is 41.0. The Kier molecular flexibility index (Phi) is 8.67. The molecular formula is C60H42N2. The molecule has 0 amide bonds. The Morgan fingerprint density at radius 2 is 1.00 bits per heavy atom. The van der Waals surface area contributed by atoms with E-state index in [0.29, 0.717) is 0 Å². The van der Waals surface area contributed by atoms with Crippen molar-refractivity contribution < 1.29 is 0 Å². The van der Waals surface area contributed by atoms with Gasteiger partial charge in [-0.05, 0) is 122 Å². The average molecular weight is 791 g/mol. The van der Waals surface area contributed by atoms with Gasteiger partial charge in [-0.2, -0.15) is 0 Å². The highest BCUT2D eigenvalue weighted by Gasteiger charge is 2.20. The molecule has 1 aliphatic rings. The molecule has 1 aliphatic carbocycles. The number of para-hydroxylation sites is 2. The van der Waals surface area contributed by atoms with E-state index in [9.17, 15) is 0 Å². The van der Waals surface area contributed by atoms with Crippen LogP contribution in [-0.4, -0.2) is 4.57 Å². The lowest BCUT2D eigenvalue weighted by atomic mass is 9.93. The molecule has 0 unspecified atom stereocenters. The minimum absolute atomic E-state index is 1.08. The zero-order valence-electron chi connectivity index (χ0n) is 34.2. The minimum Gasteiger partial charge on any atom is -0.310 e. The molecule has 10 aromatic carbocycles. The summed E-state index contributed by atoms with van der Waals surface area (Å²) in [4.78, 5) is 2.40. The van der Waals surface area contributed by atoms with Crippen LogP contribution in [-0.2, 0) is 6.42 Å². The molecule has 292 valence electrons. The molecule has 11 aromatic rings. The van der Waals surface area contributed by atoms with E-state index in [2.05, 4.69) is 240 Å². The quantitative estimate of drug-likeness (QED) is 0.146. The Hall–Kier alpha value is -7.94. The fourth-order valence-electron chi connectivity index (χ4n) is 9.88. The molecule has 2 heteroatoms. The number of anilines is 3. The largest absolute Gasteiger partial charge is 0.310 e. The lowest BCUT2D eigenvalue weighted by Gasteiger charge is -2.28. The molecule has 0 N–H and O–H groups in total. The second-order valence-corrected chi connectivity index (χ2v) is 16.4. The van der Waals surface area contributed by atoms with Gasteiger partial charge in [-0.3, -0.25) is 0 Å². The van der Waals surface area contributed by atoms with Gasteiger partial charge in [0.15, 0.2) is 0 Å². The molecular weight excluding hydrogens is 749 g/mol. The summed E-state index contributed by atoms with van der Waals surface area (Å²) < 4.78 is 2.46. The van der Waals surface area contributed by atoms with E-state index >= 15 is 0 Å². The van der Waals surface area contributed by atoms with Crippen molar-refractivity contribution in [2.45, 2.75) is 12.8 Å². The summed E-state index contributed by atoms with van der Waals surface area (Å²) in [5.74, 6) is 0. The Bertz CT molecular complexity index is 3480. The first-order chi connectivity index (χ1) is 30.8. The molecule has 0 saturated carbocycles. The average Bonchev–Trinajstić information content (AvgIpc) is 3.70. The molecule has 0 fully saturated rings. The van der Waals surface area contributed by atoms with E-state index in [0.717, 1.165) is 29.9 Å². The van der Waals surface area contributed by atoms with Crippen molar-refractivity contribution in [2.75, 3.05) is 4.90 Å². The topological polar surface area (TPSA) is 8.17 Å². The third-order valence-corrected chi connectivity index (χ3v) is 12.8. The van der Waals surface area contributed by atoms with Crippen LogP contribution < -0.4 is 4.90 Å². The van der Waals surface area contributed by atoms with Crippen LogP contribution >= 0.6 is 0 Å². The number of nitrogens with zero attached hydrogens (tertiary/aromatic N) is 2. The molecule has 0 spiro atoms. The summed E-state index contributed by atoms with van der Waals surface area (Å²) >= 11 is 0.